The molecule has 2 rings (SSSR count). The van der Waals surface area contributed by atoms with E-state index >= 15 is 0 Å². The zero-order chi connectivity index (χ0) is 14.5. The lowest BCUT2D eigenvalue weighted by molar-refractivity contribution is 0.0983. The Morgan fingerprint density at radius 2 is 1.95 bits per heavy atom. The molecular formula is C15H16FN3O. The number of pyridine rings is 1. The number of carbonyl (C=O) groups excluding carboxylic acids is 1. The number of carbonyl (C=O) groups is 1. The number of hydrogen-bond acceptors (Lipinski definition) is 3. The molecule has 0 fully saturated rings. The SMILES string of the molecule is CCN(C(=O)c1ccc(F)cn1)c1ccc(CN)cc1. The van der Waals surface area contributed by atoms with Gasteiger partial charge < -0.3 is 10.6 Å². The second kappa shape index (κ2) is 6.25. The van der Waals surface area contributed by atoms with Gasteiger partial charge in [-0.25, -0.2) is 9.37 Å². The number of benzene rings is 1. The quantitative estimate of drug-likeness (QED) is 0.930. The zero-order valence-electron chi connectivity index (χ0n) is 11.2. The molecule has 2 N–H and O–H groups in total. The second-order valence-electron chi connectivity index (χ2n) is 4.28. The van der Waals surface area contributed by atoms with Crippen LogP contribution < -0.4 is 10.6 Å². The molecular weight excluding hydrogens is 257 g/mol. The summed E-state index contributed by atoms with van der Waals surface area (Å²) in [7, 11) is 0. The molecule has 4 nitrogen and oxygen atoms in total. The van der Waals surface area contributed by atoms with E-state index in [1.54, 1.807) is 4.90 Å². The third-order valence-corrected chi connectivity index (χ3v) is 2.99. The Bertz CT molecular complexity index is 581. The van der Waals surface area contributed by atoms with E-state index in [-0.39, 0.29) is 11.6 Å². The summed E-state index contributed by atoms with van der Waals surface area (Å²) < 4.78 is 12.8. The molecule has 0 radical (unpaired) electrons. The van der Waals surface area contributed by atoms with Crippen LogP contribution in [-0.2, 0) is 6.54 Å². The van der Waals surface area contributed by atoms with Gasteiger partial charge in [0.05, 0.1) is 6.20 Å². The molecule has 0 aliphatic carbocycles. The summed E-state index contributed by atoms with van der Waals surface area (Å²) in [5.41, 5.74) is 7.53. The Hall–Kier alpha value is -2.27. The summed E-state index contributed by atoms with van der Waals surface area (Å²) in [6, 6.07) is 10.0. The fraction of sp³-hybridized carbons (Fsp3) is 0.200. The van der Waals surface area contributed by atoms with E-state index < -0.39 is 5.82 Å². The van der Waals surface area contributed by atoms with Gasteiger partial charge in [0.25, 0.3) is 5.91 Å². The van der Waals surface area contributed by atoms with Crippen LogP contribution in [-0.4, -0.2) is 17.4 Å². The first-order valence-electron chi connectivity index (χ1n) is 6.38. The van der Waals surface area contributed by atoms with Gasteiger partial charge in [-0.2, -0.15) is 0 Å². The maximum atomic E-state index is 12.8. The van der Waals surface area contributed by atoms with Crippen molar-refractivity contribution in [3.63, 3.8) is 0 Å². The smallest absolute Gasteiger partial charge is 0.276 e. The molecule has 2 aromatic rings. The molecule has 20 heavy (non-hydrogen) atoms. The van der Waals surface area contributed by atoms with Crippen molar-refractivity contribution in [1.29, 1.82) is 0 Å². The first-order chi connectivity index (χ1) is 9.65. The Balaban J connectivity index is 2.26. The van der Waals surface area contributed by atoms with Crippen molar-refractivity contribution < 1.29 is 9.18 Å². The highest BCUT2D eigenvalue weighted by atomic mass is 19.1. The Kier molecular flexibility index (Phi) is 4.42. The molecule has 104 valence electrons. The highest BCUT2D eigenvalue weighted by molar-refractivity contribution is 6.04. The molecule has 1 aromatic carbocycles. The second-order valence-corrected chi connectivity index (χ2v) is 4.28. The summed E-state index contributed by atoms with van der Waals surface area (Å²) in [6.45, 7) is 2.83. The van der Waals surface area contributed by atoms with Crippen molar-refractivity contribution in [2.75, 3.05) is 11.4 Å². The summed E-state index contributed by atoms with van der Waals surface area (Å²) in [5, 5.41) is 0. The third kappa shape index (κ3) is 3.00. The Labute approximate surface area is 117 Å². The average Bonchev–Trinajstić information content (AvgIpc) is 2.49. The molecule has 0 spiro atoms. The minimum absolute atomic E-state index is 0.219. The van der Waals surface area contributed by atoms with E-state index in [2.05, 4.69) is 4.98 Å². The van der Waals surface area contributed by atoms with E-state index in [0.717, 1.165) is 17.4 Å². The molecule has 0 saturated heterocycles. The van der Waals surface area contributed by atoms with Gasteiger partial charge in [0, 0.05) is 18.8 Å². The average molecular weight is 273 g/mol. The highest BCUT2D eigenvalue weighted by Crippen LogP contribution is 2.17. The predicted octanol–water partition coefficient (Wildman–Crippen LogP) is 2.35. The number of nitrogens with two attached hydrogens (primary N) is 1. The molecule has 0 aliphatic heterocycles. The van der Waals surface area contributed by atoms with Gasteiger partial charge in [-0.1, -0.05) is 12.1 Å². The van der Waals surface area contributed by atoms with Gasteiger partial charge in [0.1, 0.15) is 11.5 Å². The molecule has 0 aliphatic rings. The normalized spacial score (nSPS) is 10.3. The molecule has 1 aromatic heterocycles. The minimum atomic E-state index is -0.461. The van der Waals surface area contributed by atoms with Crippen molar-refractivity contribution >= 4 is 11.6 Å². The number of hydrogen-bond donors (Lipinski definition) is 1. The summed E-state index contributed by atoms with van der Waals surface area (Å²) in [4.78, 5) is 17.8. The number of amides is 1. The van der Waals surface area contributed by atoms with Crippen LogP contribution in [0.2, 0.25) is 0 Å². The van der Waals surface area contributed by atoms with Crippen LogP contribution in [0.25, 0.3) is 0 Å². The summed E-state index contributed by atoms with van der Waals surface area (Å²) in [6.07, 6.45) is 1.04. The van der Waals surface area contributed by atoms with Crippen LogP contribution in [0, 0.1) is 5.82 Å². The molecule has 0 atom stereocenters. The van der Waals surface area contributed by atoms with Crippen molar-refractivity contribution in [2.45, 2.75) is 13.5 Å². The zero-order valence-corrected chi connectivity index (χ0v) is 11.2. The van der Waals surface area contributed by atoms with Gasteiger partial charge in [0.2, 0.25) is 0 Å². The summed E-state index contributed by atoms with van der Waals surface area (Å²) >= 11 is 0. The van der Waals surface area contributed by atoms with Crippen molar-refractivity contribution in [3.8, 4) is 0 Å². The number of halogens is 1. The van der Waals surface area contributed by atoms with E-state index in [1.807, 2.05) is 31.2 Å². The number of nitrogens with zero attached hydrogens (tertiary/aromatic N) is 2. The van der Waals surface area contributed by atoms with Crippen molar-refractivity contribution in [1.82, 2.24) is 4.98 Å². The van der Waals surface area contributed by atoms with E-state index in [1.165, 1.54) is 12.1 Å². The Morgan fingerprint density at radius 3 is 2.45 bits per heavy atom. The van der Waals surface area contributed by atoms with Gasteiger partial charge in [-0.05, 0) is 36.8 Å². The van der Waals surface area contributed by atoms with Crippen molar-refractivity contribution in [2.24, 2.45) is 5.73 Å². The first-order valence-corrected chi connectivity index (χ1v) is 6.38. The monoisotopic (exact) mass is 273 g/mol. The van der Waals surface area contributed by atoms with E-state index in [0.29, 0.717) is 13.1 Å². The topological polar surface area (TPSA) is 59.2 Å². The van der Waals surface area contributed by atoms with Crippen LogP contribution in [0.15, 0.2) is 42.6 Å². The van der Waals surface area contributed by atoms with Gasteiger partial charge in [-0.3, -0.25) is 4.79 Å². The summed E-state index contributed by atoms with van der Waals surface area (Å²) in [5.74, 6) is -0.718. The minimum Gasteiger partial charge on any atom is -0.326 e. The van der Waals surface area contributed by atoms with Crippen LogP contribution in [0.3, 0.4) is 0 Å². The molecule has 0 unspecified atom stereocenters. The van der Waals surface area contributed by atoms with E-state index in [4.69, 9.17) is 5.73 Å². The lowest BCUT2D eigenvalue weighted by Crippen LogP contribution is -2.31. The number of anilines is 1. The van der Waals surface area contributed by atoms with Crippen LogP contribution >= 0.6 is 0 Å². The van der Waals surface area contributed by atoms with Gasteiger partial charge in [-0.15, -0.1) is 0 Å². The van der Waals surface area contributed by atoms with E-state index in [9.17, 15) is 9.18 Å². The predicted molar refractivity (Wildman–Crippen MR) is 75.9 cm³/mol. The van der Waals surface area contributed by atoms with Crippen LogP contribution in [0.4, 0.5) is 10.1 Å². The molecule has 0 saturated carbocycles. The maximum Gasteiger partial charge on any atom is 0.276 e. The standard InChI is InChI=1S/C15H16FN3O/c1-2-19(13-6-3-11(9-17)4-7-13)15(20)14-8-5-12(16)10-18-14/h3-8,10H,2,9,17H2,1H3. The largest absolute Gasteiger partial charge is 0.326 e. The number of rotatable bonds is 4. The molecule has 1 amide bonds. The molecule has 5 heteroatoms. The first kappa shape index (κ1) is 14.1. The van der Waals surface area contributed by atoms with Crippen molar-refractivity contribution in [3.05, 3.63) is 59.7 Å². The van der Waals surface area contributed by atoms with Gasteiger partial charge >= 0.3 is 0 Å². The number of aromatic nitrogens is 1. The Morgan fingerprint density at radius 1 is 1.25 bits per heavy atom. The molecule has 1 heterocycles. The van der Waals surface area contributed by atoms with Crippen LogP contribution in [0.5, 0.6) is 0 Å². The lowest BCUT2D eigenvalue weighted by atomic mass is 10.2. The lowest BCUT2D eigenvalue weighted by Gasteiger charge is -2.20. The van der Waals surface area contributed by atoms with Gasteiger partial charge in [0.15, 0.2) is 0 Å². The maximum absolute atomic E-state index is 12.8. The van der Waals surface area contributed by atoms with Crippen LogP contribution in [0.1, 0.15) is 23.0 Å². The highest BCUT2D eigenvalue weighted by Gasteiger charge is 2.17. The fourth-order valence-corrected chi connectivity index (χ4v) is 1.90. The fourth-order valence-electron chi connectivity index (χ4n) is 1.90. The third-order valence-electron chi connectivity index (χ3n) is 2.99. The molecule has 0 bridgehead atoms.